The van der Waals surface area contributed by atoms with Gasteiger partial charge in [0.15, 0.2) is 0 Å². The molecule has 1 rings (SSSR count). The molecular weight excluding hydrogens is 254 g/mol. The summed E-state index contributed by atoms with van der Waals surface area (Å²) < 4.78 is 5.20. The fourth-order valence-electron chi connectivity index (χ4n) is 1.70. The number of rotatable bonds is 5. The van der Waals surface area contributed by atoms with Crippen LogP contribution < -0.4 is 5.32 Å². The lowest BCUT2D eigenvalue weighted by Crippen LogP contribution is -2.33. The third-order valence-corrected chi connectivity index (χ3v) is 2.67. The van der Waals surface area contributed by atoms with Gasteiger partial charge < -0.3 is 30.5 Å². The smallest absolute Gasteiger partial charge is 0.221 e. The minimum Gasteiger partial charge on any atom is -0.495 e. The van der Waals surface area contributed by atoms with E-state index in [-0.39, 0.29) is 24.9 Å². The Balaban J connectivity index is 2.97. The summed E-state index contributed by atoms with van der Waals surface area (Å²) in [5, 5.41) is 39.6. The Kier molecular flexibility index (Phi) is 5.97. The van der Waals surface area contributed by atoms with Gasteiger partial charge in [-0.2, -0.15) is 0 Å². The Hall–Kier alpha value is -1.41. The van der Waals surface area contributed by atoms with E-state index < -0.39 is 18.8 Å². The molecule has 0 radical (unpaired) electrons. The van der Waals surface area contributed by atoms with Crippen LogP contribution in [0.5, 0.6) is 0 Å². The van der Waals surface area contributed by atoms with Crippen LogP contribution >= 0.6 is 0 Å². The minimum atomic E-state index is -1.35. The van der Waals surface area contributed by atoms with E-state index in [0.29, 0.717) is 17.7 Å². The maximum absolute atomic E-state index is 11.0. The Labute approximate surface area is 110 Å². The van der Waals surface area contributed by atoms with Gasteiger partial charge in [-0.15, -0.1) is 0 Å². The van der Waals surface area contributed by atoms with Gasteiger partial charge in [0.2, 0.25) is 5.91 Å². The van der Waals surface area contributed by atoms with Gasteiger partial charge in [0, 0.05) is 19.0 Å². The Morgan fingerprint density at radius 1 is 1.47 bits per heavy atom. The molecule has 108 valence electrons. The molecule has 1 aliphatic rings. The number of carbonyl (C=O) groups is 1. The summed E-state index contributed by atoms with van der Waals surface area (Å²) in [6.07, 6.45) is -0.780. The van der Waals surface area contributed by atoms with Gasteiger partial charge >= 0.3 is 0 Å². The third-order valence-electron chi connectivity index (χ3n) is 2.67. The molecule has 1 aliphatic heterocycles. The van der Waals surface area contributed by atoms with E-state index in [1.165, 1.54) is 13.0 Å². The molecular formula is C12H19NO6. The molecule has 19 heavy (non-hydrogen) atoms. The summed E-state index contributed by atoms with van der Waals surface area (Å²) in [7, 11) is 0. The van der Waals surface area contributed by atoms with Crippen molar-refractivity contribution in [1.82, 2.24) is 5.32 Å². The highest BCUT2D eigenvalue weighted by Crippen LogP contribution is 2.22. The van der Waals surface area contributed by atoms with Crippen LogP contribution in [0.3, 0.4) is 0 Å². The summed E-state index contributed by atoms with van der Waals surface area (Å²) in [6, 6.07) is 0. The van der Waals surface area contributed by atoms with Crippen molar-refractivity contribution in [2.75, 3.05) is 19.8 Å². The second-order valence-electron chi connectivity index (χ2n) is 4.18. The molecule has 0 saturated heterocycles. The summed E-state index contributed by atoms with van der Waals surface area (Å²) >= 11 is 0. The molecule has 5 N–H and O–H groups in total. The molecule has 0 saturated carbocycles. The largest absolute Gasteiger partial charge is 0.495 e. The number of nitrogens with one attached hydrogen (secondary N) is 1. The molecule has 2 atom stereocenters. The summed E-state index contributed by atoms with van der Waals surface area (Å²) in [5.41, 5.74) is 0.946. The molecule has 0 aliphatic carbocycles. The lowest BCUT2D eigenvalue weighted by atomic mass is 10.0. The van der Waals surface area contributed by atoms with E-state index in [0.717, 1.165) is 0 Å². The van der Waals surface area contributed by atoms with Crippen molar-refractivity contribution in [2.24, 2.45) is 0 Å². The number of ether oxygens (including phenoxy) is 1. The molecule has 0 spiro atoms. The van der Waals surface area contributed by atoms with Crippen LogP contribution in [0.2, 0.25) is 0 Å². The lowest BCUT2D eigenvalue weighted by Gasteiger charge is -2.24. The Bertz CT molecular complexity index is 390. The Morgan fingerprint density at radius 2 is 2.16 bits per heavy atom. The van der Waals surface area contributed by atoms with Gasteiger partial charge in [-0.05, 0) is 11.6 Å². The predicted octanol–water partition coefficient (Wildman–Crippen LogP) is -1.61. The number of hydrogen-bond donors (Lipinski definition) is 5. The minimum absolute atomic E-state index is 0.0964. The maximum Gasteiger partial charge on any atom is 0.221 e. The standard InChI is InChI=1S/C12H19NO6/c1-7(16)13-9(5-14)8-2-3-19-11(4-8)12(18)10(17)6-15/h4,10,12,14-15,17-18H,2-3,5-6H2,1H3,(H,13,16)/b9-8-/t10-,12-/m1/s1. The van der Waals surface area contributed by atoms with E-state index in [4.69, 9.17) is 9.84 Å². The summed E-state index contributed by atoms with van der Waals surface area (Å²) in [6.45, 7) is 0.626. The monoisotopic (exact) mass is 273 g/mol. The number of amides is 1. The first-order valence-electron chi connectivity index (χ1n) is 5.91. The van der Waals surface area contributed by atoms with Crippen molar-refractivity contribution in [3.63, 3.8) is 0 Å². The van der Waals surface area contributed by atoms with Crippen molar-refractivity contribution in [3.05, 3.63) is 23.1 Å². The lowest BCUT2D eigenvalue weighted by molar-refractivity contribution is -0.118. The van der Waals surface area contributed by atoms with Crippen LogP contribution in [0.25, 0.3) is 0 Å². The van der Waals surface area contributed by atoms with Gasteiger partial charge in [0.1, 0.15) is 18.0 Å². The van der Waals surface area contributed by atoms with Crippen LogP contribution in [0.15, 0.2) is 23.1 Å². The van der Waals surface area contributed by atoms with Crippen LogP contribution in [-0.2, 0) is 9.53 Å². The molecule has 0 unspecified atom stereocenters. The molecule has 0 aromatic rings. The van der Waals surface area contributed by atoms with Crippen molar-refractivity contribution >= 4 is 5.91 Å². The van der Waals surface area contributed by atoms with Crippen molar-refractivity contribution in [2.45, 2.75) is 25.6 Å². The highest BCUT2D eigenvalue weighted by Gasteiger charge is 2.24. The van der Waals surface area contributed by atoms with E-state index in [9.17, 15) is 20.1 Å². The molecule has 0 aromatic carbocycles. The third kappa shape index (κ3) is 4.32. The fraction of sp³-hybridized carbons (Fsp3) is 0.583. The van der Waals surface area contributed by atoms with Gasteiger partial charge in [-0.3, -0.25) is 4.79 Å². The average molecular weight is 273 g/mol. The fourth-order valence-corrected chi connectivity index (χ4v) is 1.70. The number of aliphatic hydroxyl groups excluding tert-OH is 4. The first-order chi connectivity index (χ1) is 8.99. The normalized spacial score (nSPS) is 21.0. The second-order valence-corrected chi connectivity index (χ2v) is 4.18. The molecule has 1 amide bonds. The molecule has 7 nitrogen and oxygen atoms in total. The van der Waals surface area contributed by atoms with Crippen LogP contribution in [0, 0.1) is 0 Å². The number of hydrogen-bond acceptors (Lipinski definition) is 6. The number of allylic oxidation sites excluding steroid dienone is 1. The zero-order chi connectivity index (χ0) is 14.4. The van der Waals surface area contributed by atoms with E-state index in [1.807, 2.05) is 0 Å². The van der Waals surface area contributed by atoms with Gasteiger partial charge in [0.05, 0.1) is 19.8 Å². The number of aliphatic hydroxyl groups is 4. The second kappa shape index (κ2) is 7.25. The van der Waals surface area contributed by atoms with Gasteiger partial charge in [-0.25, -0.2) is 0 Å². The quantitative estimate of drug-likeness (QED) is 0.411. The summed E-state index contributed by atoms with van der Waals surface area (Å²) in [5.74, 6) is -0.215. The molecule has 0 fully saturated rings. The highest BCUT2D eigenvalue weighted by molar-refractivity contribution is 5.75. The maximum atomic E-state index is 11.0. The summed E-state index contributed by atoms with van der Waals surface area (Å²) in [4.78, 5) is 11.0. The first-order valence-corrected chi connectivity index (χ1v) is 5.91. The molecule has 7 heteroatoms. The topological polar surface area (TPSA) is 119 Å². The first kappa shape index (κ1) is 15.6. The molecule has 0 aromatic heterocycles. The van der Waals surface area contributed by atoms with E-state index in [1.54, 1.807) is 0 Å². The Morgan fingerprint density at radius 3 is 2.68 bits per heavy atom. The van der Waals surface area contributed by atoms with Crippen molar-refractivity contribution < 1.29 is 30.0 Å². The van der Waals surface area contributed by atoms with Crippen LogP contribution in [0.4, 0.5) is 0 Å². The highest BCUT2D eigenvalue weighted by atomic mass is 16.5. The molecule has 1 heterocycles. The SMILES string of the molecule is CC(=O)N/C(CO)=C1\C=C([C@H](O)[C@H](O)CO)OCC1. The van der Waals surface area contributed by atoms with Crippen molar-refractivity contribution in [3.8, 4) is 0 Å². The molecule has 0 bridgehead atoms. The number of carbonyl (C=O) groups excluding carboxylic acids is 1. The average Bonchev–Trinajstić information content (AvgIpc) is 2.42. The van der Waals surface area contributed by atoms with Gasteiger partial charge in [-0.1, -0.05) is 0 Å². The van der Waals surface area contributed by atoms with E-state index in [2.05, 4.69) is 5.32 Å². The zero-order valence-corrected chi connectivity index (χ0v) is 10.7. The zero-order valence-electron chi connectivity index (χ0n) is 10.7. The van der Waals surface area contributed by atoms with Crippen LogP contribution in [-0.4, -0.2) is 58.4 Å². The van der Waals surface area contributed by atoms with Gasteiger partial charge in [0.25, 0.3) is 0 Å². The van der Waals surface area contributed by atoms with Crippen molar-refractivity contribution in [1.29, 1.82) is 0 Å². The van der Waals surface area contributed by atoms with Crippen LogP contribution in [0.1, 0.15) is 13.3 Å². The predicted molar refractivity (Wildman–Crippen MR) is 65.7 cm³/mol. The van der Waals surface area contributed by atoms with E-state index >= 15 is 0 Å².